The number of aromatic hydroxyl groups is 2. The molecule has 6 rings (SSSR count). The van der Waals surface area contributed by atoms with Crippen LogP contribution in [0.5, 0.6) is 11.5 Å². The summed E-state index contributed by atoms with van der Waals surface area (Å²) in [6.45, 7) is 5.47. The minimum Gasteiger partial charge on any atom is -0.505 e. The van der Waals surface area contributed by atoms with E-state index in [2.05, 4.69) is 51.9 Å². The molecule has 8 unspecified atom stereocenters. The van der Waals surface area contributed by atoms with E-state index in [1.807, 2.05) is 11.8 Å². The third kappa shape index (κ3) is 14.5. The SMILES string of the molecule is CCC(CNc1ccc(C(=O)NC(C)CCC(=O)NCC(N)C(=O)NC(CC(=O)O)C(=O)NC(CSSCC=Nc2c(C)c(O)c3c(c2O)C(COC(N)=O)C2C4NC4CN32)C(=O)O)cc1)=Nc1c(N)nc(N)[nH]c1=O. The van der Waals surface area contributed by atoms with E-state index in [0.717, 1.165) is 21.6 Å². The number of aliphatic carboxylic acids is 2. The van der Waals surface area contributed by atoms with Crippen LogP contribution in [0.1, 0.15) is 66.9 Å². The van der Waals surface area contributed by atoms with Crippen LogP contribution >= 0.6 is 21.6 Å². The number of fused-ring (bicyclic) bond motifs is 5. The number of nitrogens with one attached hydrogen (secondary N) is 7. The van der Waals surface area contributed by atoms with Crippen molar-refractivity contribution in [2.75, 3.05) is 59.4 Å². The molecule has 19 N–H and O–H groups in total. The van der Waals surface area contributed by atoms with E-state index in [1.54, 1.807) is 38.1 Å². The molecule has 0 radical (unpaired) electrons. The molecule has 3 aliphatic rings. The van der Waals surface area contributed by atoms with Crippen LogP contribution in [-0.4, -0.2) is 164 Å². The third-order valence-electron chi connectivity index (χ3n) is 12.6. The lowest BCUT2D eigenvalue weighted by molar-refractivity contribution is -0.143. The zero-order valence-electron chi connectivity index (χ0n) is 41.5. The predicted molar refractivity (Wildman–Crippen MR) is 285 cm³/mol. The largest absolute Gasteiger partial charge is 0.505 e. The average Bonchev–Trinajstić information content (AvgIpc) is 3.91. The van der Waals surface area contributed by atoms with Gasteiger partial charge in [0.25, 0.3) is 11.5 Å². The Morgan fingerprint density at radius 1 is 1.00 bits per heavy atom. The van der Waals surface area contributed by atoms with Crippen molar-refractivity contribution in [1.29, 1.82) is 0 Å². The summed E-state index contributed by atoms with van der Waals surface area (Å²) < 4.78 is 5.13. The Morgan fingerprint density at radius 3 is 2.37 bits per heavy atom. The average molecular weight is 1100 g/mol. The summed E-state index contributed by atoms with van der Waals surface area (Å²) in [6.07, 6.45) is 0.151. The number of H-pyrrole nitrogens is 1. The van der Waals surface area contributed by atoms with Crippen LogP contribution in [0, 0.1) is 6.92 Å². The third-order valence-corrected chi connectivity index (χ3v) is 14.8. The molecule has 0 spiro atoms. The van der Waals surface area contributed by atoms with E-state index in [4.69, 9.17) is 27.7 Å². The van der Waals surface area contributed by atoms with Crippen molar-refractivity contribution < 1.29 is 58.7 Å². The number of nitrogens with zero attached hydrogens (tertiary/aromatic N) is 4. The first-order chi connectivity index (χ1) is 36.1. The predicted octanol–water partition coefficient (Wildman–Crippen LogP) is -0.375. The maximum Gasteiger partial charge on any atom is 0.404 e. The van der Waals surface area contributed by atoms with Crippen molar-refractivity contribution in [1.82, 2.24) is 36.6 Å². The highest BCUT2D eigenvalue weighted by Gasteiger charge is 2.60. The molecule has 4 heterocycles. The van der Waals surface area contributed by atoms with E-state index in [1.165, 1.54) is 6.21 Å². The van der Waals surface area contributed by atoms with Crippen molar-refractivity contribution >= 4 is 110 Å². The number of aromatic amines is 1. The lowest BCUT2D eigenvalue weighted by Crippen LogP contribution is -2.57. The number of phenolic OH excluding ortho intramolecular Hbond substituents is 2. The molecule has 3 aliphatic heterocycles. The highest BCUT2D eigenvalue weighted by molar-refractivity contribution is 8.76. The molecule has 30 heteroatoms. The fourth-order valence-corrected chi connectivity index (χ4v) is 10.5. The Morgan fingerprint density at radius 2 is 1.71 bits per heavy atom. The number of primary amides is 1. The number of carbonyl (C=O) groups is 7. The van der Waals surface area contributed by atoms with Crippen LogP contribution in [0.3, 0.4) is 0 Å². The standard InChI is InChI=1S/C46H61N15O13S2/c1-4-22(55-34-39(48)59-45(49)60-43(34)70)14-52-23-8-6-21(7-9-23)40(67)54-19(2)5-10-29(62)53-15-25(47)41(68)57-26(13-30(63)64)42(69)58-28(44(71)72)18-76-75-12-11-51-32-20(3)37(65)36-31(38(32)66)24(17-74-46(50)73)35-33-27(56-33)16-61(35)36/h6-9,11,19,24-28,33,35,52,56,65-66H,4-5,10,12-18,47H2,1-3H3,(H2,50,73)(H,53,62)(H,54,67)(H,57,68)(H,58,69)(H,63,64)(H,71,72)(H5,48,49,59,60,70). The maximum absolute atomic E-state index is 13.2. The molecule has 0 saturated carbocycles. The summed E-state index contributed by atoms with van der Waals surface area (Å²) in [4.78, 5) is 116. The quantitative estimate of drug-likeness (QED) is 0.0152. The number of ether oxygens (including phenoxy) is 1. The molecule has 0 aliphatic carbocycles. The van der Waals surface area contributed by atoms with Crippen LogP contribution in [0.2, 0.25) is 0 Å². The lowest BCUT2D eigenvalue weighted by atomic mass is 9.91. The molecule has 8 atom stereocenters. The van der Waals surface area contributed by atoms with Gasteiger partial charge in [-0.3, -0.25) is 38.7 Å². The number of carboxylic acid groups (broad SMARTS) is 2. The van der Waals surface area contributed by atoms with E-state index in [0.29, 0.717) is 46.7 Å². The number of nitrogen functional groups attached to an aromatic ring is 2. The van der Waals surface area contributed by atoms with Gasteiger partial charge in [0, 0.05) is 89.4 Å². The topological polar surface area (TPSA) is 470 Å². The number of piperazine rings is 1. The normalized spacial score (nSPS) is 18.8. The number of aliphatic imine (C=N–C) groups is 2. The van der Waals surface area contributed by atoms with Gasteiger partial charge in [0.2, 0.25) is 23.7 Å². The molecule has 410 valence electrons. The highest BCUT2D eigenvalue weighted by atomic mass is 33.1. The number of carbonyl (C=O) groups excluding carboxylic acids is 5. The summed E-state index contributed by atoms with van der Waals surface area (Å²) >= 11 is 0. The van der Waals surface area contributed by atoms with Crippen molar-refractivity contribution in [3.8, 4) is 11.5 Å². The van der Waals surface area contributed by atoms with Gasteiger partial charge in [-0.15, -0.1) is 0 Å². The van der Waals surface area contributed by atoms with Crippen LogP contribution < -0.4 is 65.3 Å². The second kappa shape index (κ2) is 25.6. The monoisotopic (exact) mass is 1100 g/mol. The molecule has 2 saturated heterocycles. The number of hydrogen-bond acceptors (Lipinski definition) is 22. The number of hydrogen-bond donors (Lipinski definition) is 15. The summed E-state index contributed by atoms with van der Waals surface area (Å²) in [7, 11) is 2.17. The lowest BCUT2D eigenvalue weighted by Gasteiger charge is -2.25. The number of benzene rings is 2. The Balaban J connectivity index is 0.910. The van der Waals surface area contributed by atoms with E-state index in [-0.39, 0.29) is 90.3 Å². The molecule has 3 aromatic rings. The molecule has 5 amide bonds. The van der Waals surface area contributed by atoms with Crippen LogP contribution in [-0.2, 0) is 28.7 Å². The van der Waals surface area contributed by atoms with Gasteiger partial charge in [0.1, 0.15) is 41.9 Å². The second-order valence-electron chi connectivity index (χ2n) is 18.0. The molecule has 0 bridgehead atoms. The first kappa shape index (κ1) is 57.4. The smallest absolute Gasteiger partial charge is 0.404 e. The van der Waals surface area contributed by atoms with Gasteiger partial charge < -0.3 is 84.9 Å². The fourth-order valence-electron chi connectivity index (χ4n) is 8.61. The van der Waals surface area contributed by atoms with Crippen LogP contribution in [0.4, 0.5) is 39.3 Å². The van der Waals surface area contributed by atoms with Gasteiger partial charge in [-0.25, -0.2) is 14.6 Å². The zero-order valence-corrected chi connectivity index (χ0v) is 43.1. The molecule has 28 nitrogen and oxygen atoms in total. The van der Waals surface area contributed by atoms with E-state index < -0.39 is 90.3 Å². The van der Waals surface area contributed by atoms with E-state index in [9.17, 15) is 58.8 Å². The number of phenols is 2. The zero-order chi connectivity index (χ0) is 55.5. The second-order valence-corrected chi connectivity index (χ2v) is 20.6. The van der Waals surface area contributed by atoms with Crippen molar-refractivity contribution in [3.63, 3.8) is 0 Å². The highest BCUT2D eigenvalue weighted by Crippen LogP contribution is 2.59. The van der Waals surface area contributed by atoms with Crippen molar-refractivity contribution in [3.05, 3.63) is 51.3 Å². The Hall–Kier alpha value is -7.83. The van der Waals surface area contributed by atoms with Crippen molar-refractivity contribution in [2.45, 2.75) is 94.7 Å². The fraction of sp³-hybridized carbons (Fsp3) is 0.457. The van der Waals surface area contributed by atoms with Crippen LogP contribution in [0.15, 0.2) is 39.0 Å². The number of amides is 5. The van der Waals surface area contributed by atoms with Crippen LogP contribution in [0.25, 0.3) is 0 Å². The molecular weight excluding hydrogens is 1030 g/mol. The number of rotatable bonds is 27. The van der Waals surface area contributed by atoms with Gasteiger partial charge >= 0.3 is 18.0 Å². The number of carboxylic acids is 2. The summed E-state index contributed by atoms with van der Waals surface area (Å²) in [5.41, 5.74) is 24.8. The number of nitrogens with two attached hydrogens (primary N) is 4. The molecule has 76 heavy (non-hydrogen) atoms. The first-order valence-electron chi connectivity index (χ1n) is 23.8. The summed E-state index contributed by atoms with van der Waals surface area (Å²) in [5.74, 6) is -7.01. The minimum absolute atomic E-state index is 0.0528. The van der Waals surface area contributed by atoms with Gasteiger partial charge in [-0.05, 0) is 51.0 Å². The Bertz CT molecular complexity index is 2840. The first-order valence-corrected chi connectivity index (χ1v) is 26.3. The minimum atomic E-state index is -1.74. The van der Waals surface area contributed by atoms with Crippen molar-refractivity contribution in [2.24, 2.45) is 21.5 Å². The Labute approximate surface area is 441 Å². The van der Waals surface area contributed by atoms with E-state index >= 15 is 0 Å². The van der Waals surface area contributed by atoms with Gasteiger partial charge in [0.05, 0.1) is 24.7 Å². The molecule has 2 fully saturated rings. The van der Waals surface area contributed by atoms with Gasteiger partial charge in [-0.2, -0.15) is 4.98 Å². The van der Waals surface area contributed by atoms with Gasteiger partial charge in [0.15, 0.2) is 11.5 Å². The summed E-state index contributed by atoms with van der Waals surface area (Å²) in [5, 5.41) is 58.3. The summed E-state index contributed by atoms with van der Waals surface area (Å²) in [6, 6.07) is 1.47. The number of aromatic nitrogens is 2. The Kier molecular flexibility index (Phi) is 19.4. The maximum atomic E-state index is 13.2. The molecule has 1 aromatic heterocycles. The number of anilines is 4. The molecular formula is C46H61N15O13S2. The van der Waals surface area contributed by atoms with Gasteiger partial charge in [-0.1, -0.05) is 28.5 Å². The molecule has 2 aromatic carbocycles.